The lowest BCUT2D eigenvalue weighted by Crippen LogP contribution is -2.30. The molecule has 0 fully saturated rings. The van der Waals surface area contributed by atoms with Crippen LogP contribution in [0.25, 0.3) is 22.4 Å². The third-order valence-electron chi connectivity index (χ3n) is 5.86. The van der Waals surface area contributed by atoms with Crippen molar-refractivity contribution in [2.24, 2.45) is 5.92 Å². The Bertz CT molecular complexity index is 1550. The summed E-state index contributed by atoms with van der Waals surface area (Å²) in [6, 6.07) is 9.66. The first-order chi connectivity index (χ1) is 17.5. The number of sulfonamides is 1. The number of aromatic nitrogens is 4. The Hall–Kier alpha value is -3.31. The molecule has 0 bridgehead atoms. The van der Waals surface area contributed by atoms with Crippen molar-refractivity contribution >= 4 is 38.6 Å². The minimum atomic E-state index is -4.15. The number of imidazole rings is 1. The van der Waals surface area contributed by atoms with Gasteiger partial charge in [-0.3, -0.25) is 0 Å². The van der Waals surface area contributed by atoms with E-state index >= 15 is 0 Å². The number of fused-ring (bicyclic) bond motifs is 1. The molecule has 11 heteroatoms. The SMILES string of the molecule is CCc1nc2c(C)cc(C)nc2n1Cc1ccc(-c2nc(CC(C)C)sc2S(=O)(=O)NC(=O)OC)cc1. The summed E-state index contributed by atoms with van der Waals surface area (Å²) in [5, 5.41) is 0.689. The first-order valence-corrected chi connectivity index (χ1v) is 14.4. The van der Waals surface area contributed by atoms with Crippen LogP contribution in [0.3, 0.4) is 0 Å². The number of pyridine rings is 1. The van der Waals surface area contributed by atoms with E-state index in [1.165, 1.54) is 0 Å². The number of carbonyl (C=O) groups excluding carboxylic acids is 1. The monoisotopic (exact) mass is 541 g/mol. The fourth-order valence-corrected chi connectivity index (χ4v) is 6.88. The predicted molar refractivity (Wildman–Crippen MR) is 144 cm³/mol. The van der Waals surface area contributed by atoms with Crippen LogP contribution in [0.15, 0.2) is 34.5 Å². The fraction of sp³-hybridized carbons (Fsp3) is 0.385. The summed E-state index contributed by atoms with van der Waals surface area (Å²) in [5.41, 5.74) is 5.80. The molecule has 4 rings (SSSR count). The molecule has 0 saturated heterocycles. The van der Waals surface area contributed by atoms with Gasteiger partial charge in [0.15, 0.2) is 9.86 Å². The lowest BCUT2D eigenvalue weighted by Gasteiger charge is -2.10. The largest absolute Gasteiger partial charge is 0.452 e. The number of aryl methyl sites for hydroxylation is 3. The molecule has 0 saturated carbocycles. The highest BCUT2D eigenvalue weighted by molar-refractivity contribution is 7.92. The zero-order chi connectivity index (χ0) is 26.9. The molecule has 3 aromatic heterocycles. The Labute approximate surface area is 221 Å². The first-order valence-electron chi connectivity index (χ1n) is 12.1. The summed E-state index contributed by atoms with van der Waals surface area (Å²) in [6.07, 6.45) is 0.361. The predicted octanol–water partition coefficient (Wildman–Crippen LogP) is 5.03. The van der Waals surface area contributed by atoms with Crippen LogP contribution in [0.4, 0.5) is 4.79 Å². The van der Waals surface area contributed by atoms with Gasteiger partial charge in [0.05, 0.1) is 18.7 Å². The van der Waals surface area contributed by atoms with E-state index in [2.05, 4.69) is 21.2 Å². The average Bonchev–Trinajstić information content (AvgIpc) is 3.41. The summed E-state index contributed by atoms with van der Waals surface area (Å²) in [5.74, 6) is 1.25. The van der Waals surface area contributed by atoms with E-state index in [9.17, 15) is 13.2 Å². The van der Waals surface area contributed by atoms with Crippen molar-refractivity contribution in [2.45, 2.75) is 58.2 Å². The molecule has 1 amide bonds. The van der Waals surface area contributed by atoms with Gasteiger partial charge in [0.25, 0.3) is 10.0 Å². The maximum atomic E-state index is 13.0. The number of ether oxygens (including phenoxy) is 1. The minimum Gasteiger partial charge on any atom is -0.452 e. The lowest BCUT2D eigenvalue weighted by atomic mass is 10.1. The van der Waals surface area contributed by atoms with E-state index in [-0.39, 0.29) is 4.21 Å². The molecule has 1 N–H and O–H groups in total. The molecule has 9 nitrogen and oxygen atoms in total. The second-order valence-electron chi connectivity index (χ2n) is 9.36. The first kappa shape index (κ1) is 26.7. The van der Waals surface area contributed by atoms with Gasteiger partial charge in [-0.1, -0.05) is 45.0 Å². The number of nitrogens with zero attached hydrogens (tertiary/aromatic N) is 4. The van der Waals surface area contributed by atoms with Crippen LogP contribution in [0.5, 0.6) is 0 Å². The van der Waals surface area contributed by atoms with Gasteiger partial charge in [0, 0.05) is 24.1 Å². The second-order valence-corrected chi connectivity index (χ2v) is 12.3. The quantitative estimate of drug-likeness (QED) is 0.333. The number of hydrogen-bond acceptors (Lipinski definition) is 8. The Morgan fingerprint density at radius 2 is 1.84 bits per heavy atom. The highest BCUT2D eigenvalue weighted by Crippen LogP contribution is 2.33. The highest BCUT2D eigenvalue weighted by Gasteiger charge is 2.27. The van der Waals surface area contributed by atoms with Crippen molar-refractivity contribution in [1.82, 2.24) is 24.2 Å². The van der Waals surface area contributed by atoms with E-state index in [4.69, 9.17) is 9.97 Å². The minimum absolute atomic E-state index is 0.00896. The number of rotatable bonds is 8. The molecule has 0 aliphatic carbocycles. The van der Waals surface area contributed by atoms with E-state index in [0.29, 0.717) is 35.1 Å². The van der Waals surface area contributed by atoms with Crippen molar-refractivity contribution in [3.05, 3.63) is 58.0 Å². The van der Waals surface area contributed by atoms with Crippen LogP contribution in [0.2, 0.25) is 0 Å². The van der Waals surface area contributed by atoms with E-state index < -0.39 is 16.1 Å². The topological polar surface area (TPSA) is 116 Å². The number of hydrogen-bond donors (Lipinski definition) is 1. The number of carbonyl (C=O) groups is 1. The van der Waals surface area contributed by atoms with Crippen molar-refractivity contribution in [1.29, 1.82) is 0 Å². The van der Waals surface area contributed by atoms with Crippen molar-refractivity contribution in [3.63, 3.8) is 0 Å². The zero-order valence-corrected chi connectivity index (χ0v) is 23.5. The van der Waals surface area contributed by atoms with Crippen molar-refractivity contribution in [3.8, 4) is 11.3 Å². The number of nitrogens with one attached hydrogen (secondary N) is 1. The van der Waals surface area contributed by atoms with E-state index in [1.54, 1.807) is 0 Å². The standard InChI is InChI=1S/C26H31N5O4S2/c1-7-20-28-22-16(4)13-17(5)27-24(22)31(20)14-18-8-10-19(11-9-18)23-25(36-21(29-23)12-15(2)3)37(33,34)30-26(32)35-6/h8-11,13,15H,7,12,14H2,1-6H3,(H,30,32). The molecule has 0 aliphatic heterocycles. The summed E-state index contributed by atoms with van der Waals surface area (Å²) < 4.78 is 34.5. The Morgan fingerprint density at radius 3 is 2.46 bits per heavy atom. The molecule has 37 heavy (non-hydrogen) atoms. The van der Waals surface area contributed by atoms with Gasteiger partial charge in [-0.05, 0) is 37.0 Å². The molecular weight excluding hydrogens is 510 g/mol. The maximum absolute atomic E-state index is 13.0. The number of amides is 1. The molecule has 0 radical (unpaired) electrons. The maximum Gasteiger partial charge on any atom is 0.420 e. The molecule has 0 atom stereocenters. The Kier molecular flexibility index (Phi) is 7.65. The van der Waals surface area contributed by atoms with Gasteiger partial charge in [-0.2, -0.15) is 0 Å². The van der Waals surface area contributed by atoms with Crippen molar-refractivity contribution in [2.75, 3.05) is 7.11 Å². The average molecular weight is 542 g/mol. The second kappa shape index (κ2) is 10.6. The third kappa shape index (κ3) is 5.67. The van der Waals surface area contributed by atoms with Gasteiger partial charge in [0.1, 0.15) is 17.0 Å². The van der Waals surface area contributed by atoms with Gasteiger partial charge in [-0.15, -0.1) is 11.3 Å². The van der Waals surface area contributed by atoms with Gasteiger partial charge in [-0.25, -0.2) is 32.9 Å². The summed E-state index contributed by atoms with van der Waals surface area (Å²) in [4.78, 5) is 25.9. The van der Waals surface area contributed by atoms with E-state index in [1.807, 2.05) is 62.7 Å². The van der Waals surface area contributed by atoms with Crippen LogP contribution >= 0.6 is 11.3 Å². The van der Waals surface area contributed by atoms with Gasteiger partial charge >= 0.3 is 6.09 Å². The molecule has 3 heterocycles. The summed E-state index contributed by atoms with van der Waals surface area (Å²) >= 11 is 1.07. The molecule has 0 spiro atoms. The Balaban J connectivity index is 1.71. The van der Waals surface area contributed by atoms with Gasteiger partial charge in [0.2, 0.25) is 0 Å². The van der Waals surface area contributed by atoms with Crippen LogP contribution < -0.4 is 4.72 Å². The zero-order valence-electron chi connectivity index (χ0n) is 21.8. The summed E-state index contributed by atoms with van der Waals surface area (Å²) in [7, 11) is -3.03. The fourth-order valence-electron chi connectivity index (χ4n) is 4.18. The Morgan fingerprint density at radius 1 is 1.14 bits per heavy atom. The smallest absolute Gasteiger partial charge is 0.420 e. The number of benzene rings is 1. The molecular formula is C26H31N5O4S2. The highest BCUT2D eigenvalue weighted by atomic mass is 32.2. The number of thiazole rings is 1. The summed E-state index contributed by atoms with van der Waals surface area (Å²) in [6.45, 7) is 10.8. The van der Waals surface area contributed by atoms with Crippen LogP contribution in [-0.4, -0.2) is 41.1 Å². The molecule has 1 aromatic carbocycles. The van der Waals surface area contributed by atoms with Crippen LogP contribution in [0, 0.1) is 19.8 Å². The van der Waals surface area contributed by atoms with Gasteiger partial charge < -0.3 is 9.30 Å². The molecule has 0 aliphatic rings. The lowest BCUT2D eigenvalue weighted by molar-refractivity contribution is 0.177. The normalized spacial score (nSPS) is 11.9. The van der Waals surface area contributed by atoms with Crippen LogP contribution in [0.1, 0.15) is 48.4 Å². The van der Waals surface area contributed by atoms with E-state index in [0.717, 1.165) is 58.7 Å². The number of methoxy groups -OCH3 is 1. The van der Waals surface area contributed by atoms with Crippen molar-refractivity contribution < 1.29 is 17.9 Å². The molecule has 196 valence electrons. The third-order valence-corrected chi connectivity index (χ3v) is 8.75. The van der Waals surface area contributed by atoms with Crippen LogP contribution in [-0.2, 0) is 34.1 Å². The molecule has 0 unspecified atom stereocenters. The molecule has 4 aromatic rings.